The molecule has 0 aromatic heterocycles. The minimum Gasteiger partial charge on any atom is -0.235 e. The summed E-state index contributed by atoms with van der Waals surface area (Å²) in [4.78, 5) is 0. The quantitative estimate of drug-likeness (QED) is 0.577. The molecule has 13 heavy (non-hydrogen) atoms. The predicted octanol–water partition coefficient (Wildman–Crippen LogP) is 3.96. The van der Waals surface area contributed by atoms with E-state index in [0.717, 1.165) is 36.8 Å². The van der Waals surface area contributed by atoms with Gasteiger partial charge in [-0.25, -0.2) is 4.39 Å². The molecule has 0 bridgehead atoms. The van der Waals surface area contributed by atoms with E-state index in [-0.39, 0.29) is 0 Å². The summed E-state index contributed by atoms with van der Waals surface area (Å²) >= 11 is 0. The van der Waals surface area contributed by atoms with Crippen molar-refractivity contribution in [3.63, 3.8) is 0 Å². The Morgan fingerprint density at radius 3 is 2.46 bits per heavy atom. The molecule has 0 aromatic rings. The molecule has 1 unspecified atom stereocenters. The lowest BCUT2D eigenvalue weighted by molar-refractivity contribution is 0.294. The normalized spacial score (nSPS) is 22.3. The van der Waals surface area contributed by atoms with Crippen LogP contribution in [0.4, 0.5) is 4.39 Å². The lowest BCUT2D eigenvalue weighted by Crippen LogP contribution is -2.21. The highest BCUT2D eigenvalue weighted by Crippen LogP contribution is 2.35. The Bertz CT molecular complexity index is 246. The van der Waals surface area contributed by atoms with Crippen LogP contribution in [0.15, 0.2) is 36.5 Å². The third-order valence-electron chi connectivity index (χ3n) is 2.73. The minimum atomic E-state index is -1.34. The van der Waals surface area contributed by atoms with Gasteiger partial charge < -0.3 is 0 Å². The minimum absolute atomic E-state index is 0.848. The zero-order valence-corrected chi connectivity index (χ0v) is 8.28. The molecule has 1 aliphatic rings. The number of allylic oxidation sites excluding steroid dienone is 4. The zero-order chi connectivity index (χ0) is 9.90. The van der Waals surface area contributed by atoms with E-state index in [9.17, 15) is 4.39 Å². The van der Waals surface area contributed by atoms with Crippen LogP contribution in [0.1, 0.15) is 32.6 Å². The maximum atomic E-state index is 13.9. The fourth-order valence-corrected chi connectivity index (χ4v) is 1.84. The first-order chi connectivity index (χ1) is 6.11. The number of alkyl halides is 1. The van der Waals surface area contributed by atoms with Crippen molar-refractivity contribution in [2.24, 2.45) is 0 Å². The van der Waals surface area contributed by atoms with Gasteiger partial charge in [0.1, 0.15) is 5.67 Å². The maximum Gasteiger partial charge on any atom is 0.147 e. The van der Waals surface area contributed by atoms with Gasteiger partial charge in [-0.1, -0.05) is 25.3 Å². The van der Waals surface area contributed by atoms with E-state index in [2.05, 4.69) is 13.2 Å². The lowest BCUT2D eigenvalue weighted by Gasteiger charge is -2.26. The molecule has 72 valence electrons. The molecule has 0 nitrogen and oxygen atoms in total. The van der Waals surface area contributed by atoms with E-state index in [1.54, 1.807) is 13.0 Å². The van der Waals surface area contributed by atoms with Crippen molar-refractivity contribution in [2.75, 3.05) is 0 Å². The second kappa shape index (κ2) is 3.91. The molecular formula is C12H17F. The SMILES string of the molecule is C=CC1=C(C(C)(F)C=C)CCCC1. The Hall–Kier alpha value is -0.850. The molecule has 1 rings (SSSR count). The second-order valence-electron chi connectivity index (χ2n) is 3.69. The van der Waals surface area contributed by atoms with Crippen molar-refractivity contribution in [3.05, 3.63) is 36.5 Å². The Morgan fingerprint density at radius 1 is 1.31 bits per heavy atom. The summed E-state index contributed by atoms with van der Waals surface area (Å²) < 4.78 is 13.9. The number of hydrogen-bond acceptors (Lipinski definition) is 0. The van der Waals surface area contributed by atoms with E-state index in [1.165, 1.54) is 6.08 Å². The molecule has 0 fully saturated rings. The Morgan fingerprint density at radius 2 is 1.92 bits per heavy atom. The van der Waals surface area contributed by atoms with Gasteiger partial charge in [0.2, 0.25) is 0 Å². The lowest BCUT2D eigenvalue weighted by atomic mass is 9.83. The van der Waals surface area contributed by atoms with Gasteiger partial charge in [-0.2, -0.15) is 0 Å². The van der Waals surface area contributed by atoms with Crippen molar-refractivity contribution in [3.8, 4) is 0 Å². The van der Waals surface area contributed by atoms with Gasteiger partial charge in [0.25, 0.3) is 0 Å². The van der Waals surface area contributed by atoms with Crippen LogP contribution in [0.3, 0.4) is 0 Å². The third kappa shape index (κ3) is 2.09. The summed E-state index contributed by atoms with van der Waals surface area (Å²) in [6.07, 6.45) is 7.22. The highest BCUT2D eigenvalue weighted by Gasteiger charge is 2.27. The van der Waals surface area contributed by atoms with Gasteiger partial charge in [0.05, 0.1) is 0 Å². The predicted molar refractivity (Wildman–Crippen MR) is 55.4 cm³/mol. The Balaban J connectivity index is 3.03. The van der Waals surface area contributed by atoms with Crippen LogP contribution in [0.25, 0.3) is 0 Å². The molecule has 1 aliphatic carbocycles. The van der Waals surface area contributed by atoms with Crippen LogP contribution < -0.4 is 0 Å². The second-order valence-corrected chi connectivity index (χ2v) is 3.69. The Kier molecular flexibility index (Phi) is 3.07. The summed E-state index contributed by atoms with van der Waals surface area (Å²) in [7, 11) is 0. The standard InChI is InChI=1S/C12H17F/c1-4-10-8-6-7-9-11(10)12(3,13)5-2/h4-5H,1-2,6-9H2,3H3. The molecule has 0 saturated carbocycles. The van der Waals surface area contributed by atoms with Crippen molar-refractivity contribution in [1.29, 1.82) is 0 Å². The van der Waals surface area contributed by atoms with Gasteiger partial charge in [0.15, 0.2) is 0 Å². The van der Waals surface area contributed by atoms with Crippen LogP contribution in [0.2, 0.25) is 0 Å². The van der Waals surface area contributed by atoms with Crippen molar-refractivity contribution >= 4 is 0 Å². The highest BCUT2D eigenvalue weighted by atomic mass is 19.1. The van der Waals surface area contributed by atoms with E-state index in [1.807, 2.05) is 0 Å². The van der Waals surface area contributed by atoms with Crippen molar-refractivity contribution in [1.82, 2.24) is 0 Å². The van der Waals surface area contributed by atoms with E-state index in [0.29, 0.717) is 0 Å². The first kappa shape index (κ1) is 10.2. The van der Waals surface area contributed by atoms with Crippen LogP contribution in [0, 0.1) is 0 Å². The summed E-state index contributed by atoms with van der Waals surface area (Å²) in [6, 6.07) is 0. The third-order valence-corrected chi connectivity index (χ3v) is 2.73. The van der Waals surface area contributed by atoms with E-state index < -0.39 is 5.67 Å². The summed E-state index contributed by atoms with van der Waals surface area (Å²) in [5.74, 6) is 0. The molecule has 1 heteroatoms. The van der Waals surface area contributed by atoms with Crippen LogP contribution in [-0.4, -0.2) is 5.67 Å². The molecule has 1 atom stereocenters. The molecule has 0 saturated heterocycles. The smallest absolute Gasteiger partial charge is 0.147 e. The maximum absolute atomic E-state index is 13.9. The zero-order valence-electron chi connectivity index (χ0n) is 8.28. The molecule has 0 spiro atoms. The molecule has 0 radical (unpaired) electrons. The van der Waals surface area contributed by atoms with Crippen molar-refractivity contribution in [2.45, 2.75) is 38.3 Å². The number of halogens is 1. The first-order valence-corrected chi connectivity index (χ1v) is 4.79. The highest BCUT2D eigenvalue weighted by molar-refractivity contribution is 5.35. The van der Waals surface area contributed by atoms with Gasteiger partial charge in [-0.15, -0.1) is 0 Å². The fourth-order valence-electron chi connectivity index (χ4n) is 1.84. The topological polar surface area (TPSA) is 0 Å². The molecule has 0 amide bonds. The summed E-state index contributed by atoms with van der Waals surface area (Å²) in [5.41, 5.74) is 0.615. The Labute approximate surface area is 79.8 Å². The number of rotatable bonds is 3. The summed E-state index contributed by atoms with van der Waals surface area (Å²) in [5, 5.41) is 0. The fraction of sp³-hybridized carbons (Fsp3) is 0.500. The van der Waals surface area contributed by atoms with Gasteiger partial charge >= 0.3 is 0 Å². The average molecular weight is 180 g/mol. The first-order valence-electron chi connectivity index (χ1n) is 4.79. The molecular weight excluding hydrogens is 163 g/mol. The van der Waals surface area contributed by atoms with Crippen LogP contribution in [0.5, 0.6) is 0 Å². The molecule has 0 aliphatic heterocycles. The van der Waals surface area contributed by atoms with Gasteiger partial charge in [-0.05, 0) is 43.8 Å². The monoisotopic (exact) mass is 180 g/mol. The molecule has 0 aromatic carbocycles. The average Bonchev–Trinajstić information content (AvgIpc) is 2.18. The largest absolute Gasteiger partial charge is 0.235 e. The van der Waals surface area contributed by atoms with Crippen molar-refractivity contribution < 1.29 is 4.39 Å². The molecule has 0 heterocycles. The van der Waals surface area contributed by atoms with Crippen LogP contribution in [-0.2, 0) is 0 Å². The van der Waals surface area contributed by atoms with Gasteiger partial charge in [-0.3, -0.25) is 0 Å². The number of hydrogen-bond donors (Lipinski definition) is 0. The summed E-state index contributed by atoms with van der Waals surface area (Å²) in [6.45, 7) is 8.83. The van der Waals surface area contributed by atoms with Crippen LogP contribution >= 0.6 is 0 Å². The van der Waals surface area contributed by atoms with E-state index in [4.69, 9.17) is 0 Å². The molecule has 0 N–H and O–H groups in total. The van der Waals surface area contributed by atoms with Gasteiger partial charge in [0, 0.05) is 0 Å². The van der Waals surface area contributed by atoms with E-state index >= 15 is 0 Å².